The Hall–Kier alpha value is -1.36. The Balaban J connectivity index is 1.65. The van der Waals surface area contributed by atoms with E-state index in [2.05, 4.69) is 24.0 Å². The molecule has 0 amide bonds. The Morgan fingerprint density at radius 1 is 1.10 bits per heavy atom. The predicted molar refractivity (Wildman–Crippen MR) is 86.9 cm³/mol. The normalized spacial score (nSPS) is 21.9. The zero-order chi connectivity index (χ0) is 14.9. The minimum Gasteiger partial charge on any atom is -0.245 e. The number of hydrogen-bond acceptors (Lipinski definition) is 2. The van der Waals surface area contributed by atoms with Crippen LogP contribution in [-0.2, 0) is 6.42 Å². The van der Waals surface area contributed by atoms with E-state index in [0.29, 0.717) is 5.69 Å². The van der Waals surface area contributed by atoms with Gasteiger partial charge in [0.25, 0.3) is 0 Å². The van der Waals surface area contributed by atoms with E-state index in [9.17, 15) is 0 Å². The van der Waals surface area contributed by atoms with Crippen LogP contribution in [0.3, 0.4) is 0 Å². The van der Waals surface area contributed by atoms with Gasteiger partial charge in [0.1, 0.15) is 11.8 Å². The number of nitriles is 1. The molecule has 0 atom stereocenters. The van der Waals surface area contributed by atoms with Crippen molar-refractivity contribution in [3.05, 3.63) is 29.6 Å². The van der Waals surface area contributed by atoms with Crippen LogP contribution < -0.4 is 0 Å². The van der Waals surface area contributed by atoms with Crippen molar-refractivity contribution in [3.63, 3.8) is 0 Å². The second kappa shape index (κ2) is 8.82. The van der Waals surface area contributed by atoms with Crippen molar-refractivity contribution in [1.29, 1.82) is 5.26 Å². The van der Waals surface area contributed by atoms with Crippen molar-refractivity contribution in [2.45, 2.75) is 71.1 Å². The maximum Gasteiger partial charge on any atom is 0.140 e. The van der Waals surface area contributed by atoms with Crippen LogP contribution in [0.2, 0.25) is 0 Å². The smallest absolute Gasteiger partial charge is 0.140 e. The molecule has 0 spiro atoms. The van der Waals surface area contributed by atoms with E-state index >= 15 is 0 Å². The number of unbranched alkanes of at least 4 members (excludes halogenated alkanes) is 2. The summed E-state index contributed by atoms with van der Waals surface area (Å²) in [5, 5.41) is 8.75. The maximum atomic E-state index is 8.75. The van der Waals surface area contributed by atoms with Gasteiger partial charge in [-0.2, -0.15) is 5.26 Å². The molecule has 0 aliphatic heterocycles. The SMILES string of the molecule is CCCCCC1CCC(CCc2ccc(C#N)nc2)CC1. The first-order valence-corrected chi connectivity index (χ1v) is 8.66. The molecular weight excluding hydrogens is 256 g/mol. The molecule has 0 N–H and O–H groups in total. The fraction of sp³-hybridized carbons (Fsp3) is 0.684. The van der Waals surface area contributed by atoms with Gasteiger partial charge in [-0.1, -0.05) is 64.4 Å². The van der Waals surface area contributed by atoms with Crippen molar-refractivity contribution in [2.75, 3.05) is 0 Å². The number of pyridine rings is 1. The van der Waals surface area contributed by atoms with Crippen LogP contribution in [-0.4, -0.2) is 4.98 Å². The molecule has 1 aromatic rings. The molecule has 0 unspecified atom stereocenters. The Morgan fingerprint density at radius 3 is 2.38 bits per heavy atom. The van der Waals surface area contributed by atoms with Crippen LogP contribution in [0.5, 0.6) is 0 Å². The van der Waals surface area contributed by atoms with E-state index in [1.54, 1.807) is 0 Å². The molecule has 1 aliphatic carbocycles. The highest BCUT2D eigenvalue weighted by Gasteiger charge is 2.20. The molecule has 0 saturated heterocycles. The Bertz CT molecular complexity index is 436. The van der Waals surface area contributed by atoms with Gasteiger partial charge >= 0.3 is 0 Å². The number of nitrogens with zero attached hydrogens (tertiary/aromatic N) is 2. The summed E-state index contributed by atoms with van der Waals surface area (Å²) < 4.78 is 0. The van der Waals surface area contributed by atoms with Gasteiger partial charge in [0.05, 0.1) is 0 Å². The van der Waals surface area contributed by atoms with E-state index in [0.717, 1.165) is 18.3 Å². The quantitative estimate of drug-likeness (QED) is 0.639. The Labute approximate surface area is 129 Å². The Morgan fingerprint density at radius 2 is 1.81 bits per heavy atom. The summed E-state index contributed by atoms with van der Waals surface area (Å²) in [6.45, 7) is 2.29. The third-order valence-electron chi connectivity index (χ3n) is 4.96. The van der Waals surface area contributed by atoms with Gasteiger partial charge in [0.15, 0.2) is 0 Å². The molecule has 2 rings (SSSR count). The summed E-state index contributed by atoms with van der Waals surface area (Å²) in [4.78, 5) is 4.15. The van der Waals surface area contributed by atoms with Gasteiger partial charge in [-0.25, -0.2) is 4.98 Å². The summed E-state index contributed by atoms with van der Waals surface area (Å²) in [6, 6.07) is 5.97. The first-order valence-electron chi connectivity index (χ1n) is 8.66. The molecule has 1 aliphatic rings. The summed E-state index contributed by atoms with van der Waals surface area (Å²) in [5.74, 6) is 1.91. The van der Waals surface area contributed by atoms with Gasteiger partial charge in [0.2, 0.25) is 0 Å². The summed E-state index contributed by atoms with van der Waals surface area (Å²) in [7, 11) is 0. The minimum atomic E-state index is 0.520. The van der Waals surface area contributed by atoms with Gasteiger partial charge in [0, 0.05) is 6.20 Å². The summed E-state index contributed by atoms with van der Waals surface area (Å²) in [5.41, 5.74) is 1.80. The van der Waals surface area contributed by atoms with Crippen molar-refractivity contribution >= 4 is 0 Å². The molecule has 2 nitrogen and oxygen atoms in total. The van der Waals surface area contributed by atoms with Gasteiger partial charge in [-0.05, 0) is 36.3 Å². The molecule has 0 radical (unpaired) electrons. The van der Waals surface area contributed by atoms with E-state index < -0.39 is 0 Å². The van der Waals surface area contributed by atoms with Crippen LogP contribution >= 0.6 is 0 Å². The molecule has 1 saturated carbocycles. The lowest BCUT2D eigenvalue weighted by atomic mass is 9.78. The summed E-state index contributed by atoms with van der Waals surface area (Å²) in [6.07, 6.45) is 15.6. The Kier molecular flexibility index (Phi) is 6.73. The van der Waals surface area contributed by atoms with Crippen LogP contribution in [0.1, 0.15) is 76.0 Å². The minimum absolute atomic E-state index is 0.520. The molecule has 0 aromatic carbocycles. The second-order valence-electron chi connectivity index (χ2n) is 6.58. The first kappa shape index (κ1) is 16.0. The molecular formula is C19H28N2. The van der Waals surface area contributed by atoms with E-state index in [1.807, 2.05) is 12.3 Å². The molecule has 0 bridgehead atoms. The number of rotatable bonds is 7. The van der Waals surface area contributed by atoms with Crippen molar-refractivity contribution in [2.24, 2.45) is 11.8 Å². The van der Waals surface area contributed by atoms with Crippen LogP contribution in [0.25, 0.3) is 0 Å². The molecule has 21 heavy (non-hydrogen) atoms. The predicted octanol–water partition coefficient (Wildman–Crippen LogP) is 5.27. The molecule has 2 heteroatoms. The number of hydrogen-bond donors (Lipinski definition) is 0. The van der Waals surface area contributed by atoms with E-state index in [4.69, 9.17) is 5.26 Å². The third kappa shape index (κ3) is 5.50. The molecule has 1 fully saturated rings. The monoisotopic (exact) mass is 284 g/mol. The average Bonchev–Trinajstić information content (AvgIpc) is 2.55. The lowest BCUT2D eigenvalue weighted by Crippen LogP contribution is -2.15. The fourth-order valence-electron chi connectivity index (χ4n) is 3.50. The van der Waals surface area contributed by atoms with Gasteiger partial charge in [-0.3, -0.25) is 0 Å². The maximum absolute atomic E-state index is 8.75. The van der Waals surface area contributed by atoms with Gasteiger partial charge < -0.3 is 0 Å². The summed E-state index contributed by atoms with van der Waals surface area (Å²) >= 11 is 0. The zero-order valence-corrected chi connectivity index (χ0v) is 13.4. The fourth-order valence-corrected chi connectivity index (χ4v) is 3.50. The van der Waals surface area contributed by atoms with Crippen LogP contribution in [0, 0.1) is 23.2 Å². The molecule has 1 aromatic heterocycles. The van der Waals surface area contributed by atoms with Crippen molar-refractivity contribution in [1.82, 2.24) is 4.98 Å². The van der Waals surface area contributed by atoms with Crippen LogP contribution in [0.4, 0.5) is 0 Å². The van der Waals surface area contributed by atoms with Crippen molar-refractivity contribution < 1.29 is 0 Å². The van der Waals surface area contributed by atoms with E-state index in [1.165, 1.54) is 63.4 Å². The third-order valence-corrected chi connectivity index (χ3v) is 4.96. The lowest BCUT2D eigenvalue weighted by Gasteiger charge is -2.28. The average molecular weight is 284 g/mol. The standard InChI is InChI=1S/C19H28N2/c1-2-3-4-5-16-6-8-17(9-7-16)10-11-18-12-13-19(14-20)21-15-18/h12-13,15-17H,2-11H2,1H3. The second-order valence-corrected chi connectivity index (χ2v) is 6.58. The highest BCUT2D eigenvalue weighted by atomic mass is 14.7. The van der Waals surface area contributed by atoms with Crippen LogP contribution in [0.15, 0.2) is 18.3 Å². The lowest BCUT2D eigenvalue weighted by molar-refractivity contribution is 0.249. The van der Waals surface area contributed by atoms with E-state index in [-0.39, 0.29) is 0 Å². The first-order chi connectivity index (χ1) is 10.3. The number of aromatic nitrogens is 1. The topological polar surface area (TPSA) is 36.7 Å². The van der Waals surface area contributed by atoms with Crippen molar-refractivity contribution in [3.8, 4) is 6.07 Å². The molecule has 114 valence electrons. The largest absolute Gasteiger partial charge is 0.245 e. The highest BCUT2D eigenvalue weighted by molar-refractivity contribution is 5.23. The molecule has 1 heterocycles. The van der Waals surface area contributed by atoms with Gasteiger partial charge in [-0.15, -0.1) is 0 Å². The zero-order valence-electron chi connectivity index (χ0n) is 13.4. The highest BCUT2D eigenvalue weighted by Crippen LogP contribution is 2.34. The number of aryl methyl sites for hydroxylation is 1.